The fourth-order valence-corrected chi connectivity index (χ4v) is 3.23. The maximum atomic E-state index is 10.4. The van der Waals surface area contributed by atoms with Crippen LogP contribution in [0.25, 0.3) is 0 Å². The van der Waals surface area contributed by atoms with E-state index in [4.69, 9.17) is 4.42 Å². The summed E-state index contributed by atoms with van der Waals surface area (Å²) in [4.78, 5) is 0. The highest BCUT2D eigenvalue weighted by atomic mass is 16.3. The second-order valence-electron chi connectivity index (χ2n) is 5.82. The van der Waals surface area contributed by atoms with Crippen molar-refractivity contribution in [2.75, 3.05) is 0 Å². The van der Waals surface area contributed by atoms with Crippen LogP contribution in [0, 0.1) is 11.3 Å². The number of rotatable bonds is 0. The predicted molar refractivity (Wildman–Crippen MR) is 62.0 cm³/mol. The minimum Gasteiger partial charge on any atom is -0.472 e. The van der Waals surface area contributed by atoms with Gasteiger partial charge in [0.25, 0.3) is 0 Å². The topological polar surface area (TPSA) is 33.4 Å². The summed E-state index contributed by atoms with van der Waals surface area (Å²) in [6.07, 6.45) is 8.61. The van der Waals surface area contributed by atoms with E-state index < -0.39 is 0 Å². The minimum atomic E-state index is -0.371. The first-order valence-electron chi connectivity index (χ1n) is 6.01. The van der Waals surface area contributed by atoms with Gasteiger partial charge in [0, 0.05) is 11.5 Å². The van der Waals surface area contributed by atoms with Crippen LogP contribution in [0.15, 0.2) is 28.6 Å². The van der Waals surface area contributed by atoms with Gasteiger partial charge in [-0.05, 0) is 30.2 Å². The molecule has 1 aromatic heterocycles. The Morgan fingerprint density at radius 3 is 2.94 bits per heavy atom. The molecule has 1 N–H and O–H groups in total. The molecule has 2 atom stereocenters. The smallest absolute Gasteiger partial charge is 0.0963 e. The van der Waals surface area contributed by atoms with Crippen LogP contribution in [-0.4, -0.2) is 5.11 Å². The molecule has 0 saturated carbocycles. The molecule has 2 aliphatic rings. The number of fused-ring (bicyclic) bond motifs is 2. The summed E-state index contributed by atoms with van der Waals surface area (Å²) in [6.45, 7) is 4.50. The molecule has 0 saturated heterocycles. The lowest BCUT2D eigenvalue weighted by Gasteiger charge is -2.22. The largest absolute Gasteiger partial charge is 0.472 e. The Labute approximate surface area is 96.0 Å². The van der Waals surface area contributed by atoms with Gasteiger partial charge < -0.3 is 9.52 Å². The third-order valence-electron chi connectivity index (χ3n) is 3.96. The molecule has 0 aromatic carbocycles. The van der Waals surface area contributed by atoms with Crippen molar-refractivity contribution in [3.05, 3.63) is 35.3 Å². The summed E-state index contributed by atoms with van der Waals surface area (Å²) in [7, 11) is 0. The Bertz CT molecular complexity index is 439. The molecular formula is C14H18O2. The maximum Gasteiger partial charge on any atom is 0.0963 e. The minimum absolute atomic E-state index is 0.238. The molecule has 2 nitrogen and oxygen atoms in total. The molecule has 86 valence electrons. The van der Waals surface area contributed by atoms with Crippen molar-refractivity contribution in [1.82, 2.24) is 0 Å². The molecule has 0 amide bonds. The van der Waals surface area contributed by atoms with Gasteiger partial charge in [0.1, 0.15) is 0 Å². The van der Waals surface area contributed by atoms with Gasteiger partial charge in [-0.2, -0.15) is 0 Å². The fourth-order valence-electron chi connectivity index (χ4n) is 3.23. The van der Waals surface area contributed by atoms with Crippen molar-refractivity contribution in [2.24, 2.45) is 11.3 Å². The van der Waals surface area contributed by atoms with Crippen LogP contribution in [-0.2, 0) is 6.42 Å². The van der Waals surface area contributed by atoms with Crippen LogP contribution >= 0.6 is 0 Å². The molecule has 2 aliphatic carbocycles. The normalized spacial score (nSPS) is 31.6. The van der Waals surface area contributed by atoms with E-state index in [1.54, 1.807) is 12.5 Å². The van der Waals surface area contributed by atoms with E-state index in [-0.39, 0.29) is 11.5 Å². The van der Waals surface area contributed by atoms with E-state index in [2.05, 4.69) is 19.9 Å². The molecule has 2 heteroatoms. The quantitative estimate of drug-likeness (QED) is 0.678. The van der Waals surface area contributed by atoms with E-state index in [1.807, 2.05) is 0 Å². The van der Waals surface area contributed by atoms with E-state index in [0.717, 1.165) is 24.8 Å². The summed E-state index contributed by atoms with van der Waals surface area (Å²) in [5.41, 5.74) is 3.86. The molecule has 0 fully saturated rings. The lowest BCUT2D eigenvalue weighted by Crippen LogP contribution is -2.14. The average Bonchev–Trinajstić information content (AvgIpc) is 2.75. The zero-order valence-corrected chi connectivity index (χ0v) is 9.86. The van der Waals surface area contributed by atoms with Gasteiger partial charge in [-0.25, -0.2) is 0 Å². The Hall–Kier alpha value is -1.02. The average molecular weight is 218 g/mol. The van der Waals surface area contributed by atoms with Gasteiger partial charge >= 0.3 is 0 Å². The van der Waals surface area contributed by atoms with E-state index >= 15 is 0 Å². The number of furan rings is 1. The molecule has 0 spiro atoms. The second kappa shape index (κ2) is 3.24. The highest BCUT2D eigenvalue weighted by Gasteiger charge is 2.38. The van der Waals surface area contributed by atoms with Crippen molar-refractivity contribution in [3.8, 4) is 0 Å². The predicted octanol–water partition coefficient (Wildman–Crippen LogP) is 3.23. The van der Waals surface area contributed by atoms with Crippen LogP contribution < -0.4 is 0 Å². The Morgan fingerprint density at radius 2 is 2.12 bits per heavy atom. The fraction of sp³-hybridized carbons (Fsp3) is 0.571. The standard InChI is InChI=1S/C14H18O2/c1-14(2)5-9-3-4-10-7-16-8-12(10)13(15)11(9)6-14/h5,7-8,11,13,15H,3-4,6H2,1-2H3/t11-,13+/m0/s1. The first-order chi connectivity index (χ1) is 7.57. The van der Waals surface area contributed by atoms with Crippen LogP contribution in [0.2, 0.25) is 0 Å². The SMILES string of the molecule is CC1(C)C=C2CCc3cocc3[C@H](O)[C@H]2C1. The summed E-state index contributed by atoms with van der Waals surface area (Å²) in [5.74, 6) is 0.300. The third-order valence-corrected chi connectivity index (χ3v) is 3.96. The number of aryl methyl sites for hydroxylation is 1. The first kappa shape index (κ1) is 10.2. The molecule has 3 rings (SSSR count). The Kier molecular flexibility index (Phi) is 2.05. The third kappa shape index (κ3) is 1.44. The summed E-state index contributed by atoms with van der Waals surface area (Å²) in [6, 6.07) is 0. The second-order valence-corrected chi connectivity index (χ2v) is 5.82. The zero-order chi connectivity index (χ0) is 11.3. The van der Waals surface area contributed by atoms with Crippen molar-refractivity contribution < 1.29 is 9.52 Å². The summed E-state index contributed by atoms with van der Waals surface area (Å²) < 4.78 is 5.21. The Morgan fingerprint density at radius 1 is 1.31 bits per heavy atom. The van der Waals surface area contributed by atoms with Crippen LogP contribution in [0.4, 0.5) is 0 Å². The number of aliphatic hydroxyl groups excluding tert-OH is 1. The van der Waals surface area contributed by atoms with E-state index in [0.29, 0.717) is 5.92 Å². The van der Waals surface area contributed by atoms with E-state index in [1.165, 1.54) is 11.1 Å². The van der Waals surface area contributed by atoms with Crippen LogP contribution in [0.5, 0.6) is 0 Å². The maximum absolute atomic E-state index is 10.4. The Balaban J connectivity index is 2.00. The van der Waals surface area contributed by atoms with Gasteiger partial charge in [-0.15, -0.1) is 0 Å². The van der Waals surface area contributed by atoms with Gasteiger partial charge in [0.2, 0.25) is 0 Å². The van der Waals surface area contributed by atoms with E-state index in [9.17, 15) is 5.11 Å². The van der Waals surface area contributed by atoms with Gasteiger partial charge in [0.15, 0.2) is 0 Å². The van der Waals surface area contributed by atoms with Crippen molar-refractivity contribution >= 4 is 0 Å². The summed E-state index contributed by atoms with van der Waals surface area (Å²) in [5, 5.41) is 10.4. The monoisotopic (exact) mass is 218 g/mol. The molecular weight excluding hydrogens is 200 g/mol. The number of hydrogen-bond acceptors (Lipinski definition) is 2. The summed E-state index contributed by atoms with van der Waals surface area (Å²) >= 11 is 0. The van der Waals surface area contributed by atoms with Crippen LogP contribution in [0.3, 0.4) is 0 Å². The lowest BCUT2D eigenvalue weighted by molar-refractivity contribution is 0.114. The van der Waals surface area contributed by atoms with Crippen molar-refractivity contribution in [1.29, 1.82) is 0 Å². The zero-order valence-electron chi connectivity index (χ0n) is 9.86. The number of aliphatic hydroxyl groups is 1. The molecule has 16 heavy (non-hydrogen) atoms. The highest BCUT2D eigenvalue weighted by Crippen LogP contribution is 2.49. The van der Waals surface area contributed by atoms with Gasteiger partial charge in [-0.3, -0.25) is 0 Å². The van der Waals surface area contributed by atoms with Crippen LogP contribution in [0.1, 0.15) is 43.9 Å². The molecule has 0 aliphatic heterocycles. The highest BCUT2D eigenvalue weighted by molar-refractivity contribution is 5.33. The first-order valence-corrected chi connectivity index (χ1v) is 6.01. The molecule has 1 aromatic rings. The molecule has 0 radical (unpaired) electrons. The number of allylic oxidation sites excluding steroid dienone is 1. The number of hydrogen-bond donors (Lipinski definition) is 1. The molecule has 1 heterocycles. The van der Waals surface area contributed by atoms with Crippen molar-refractivity contribution in [2.45, 2.75) is 39.2 Å². The molecule has 0 unspecified atom stereocenters. The van der Waals surface area contributed by atoms with Crippen molar-refractivity contribution in [3.63, 3.8) is 0 Å². The van der Waals surface area contributed by atoms with Gasteiger partial charge in [-0.1, -0.05) is 25.5 Å². The van der Waals surface area contributed by atoms with Gasteiger partial charge in [0.05, 0.1) is 18.6 Å². The lowest BCUT2D eigenvalue weighted by atomic mass is 9.86. The molecule has 0 bridgehead atoms.